The third kappa shape index (κ3) is 1.33. The maximum absolute atomic E-state index is 10.7. The van der Waals surface area contributed by atoms with Crippen LogP contribution in [0.25, 0.3) is 0 Å². The standard InChI is InChI=1S/C6H11NO3/c1-4(8)6(2,7-3)5(9)10/h7H,1-3H3,(H,9,10). The Bertz CT molecular complexity index is 150. The number of Topliss-reactive ketones (excluding diaryl/α,β-unsaturated/α-hetero) is 1. The molecule has 0 aliphatic carbocycles. The molecule has 10 heavy (non-hydrogen) atoms. The van der Waals surface area contributed by atoms with E-state index in [1.165, 1.54) is 20.9 Å². The lowest BCUT2D eigenvalue weighted by Gasteiger charge is -2.19. The first-order chi connectivity index (χ1) is 4.45. The number of hydrogen-bond donors (Lipinski definition) is 2. The summed E-state index contributed by atoms with van der Waals surface area (Å²) in [6.07, 6.45) is 0. The van der Waals surface area contributed by atoms with Gasteiger partial charge in [0.05, 0.1) is 0 Å². The maximum Gasteiger partial charge on any atom is 0.331 e. The van der Waals surface area contributed by atoms with E-state index in [2.05, 4.69) is 5.32 Å². The highest BCUT2D eigenvalue weighted by atomic mass is 16.4. The van der Waals surface area contributed by atoms with Gasteiger partial charge in [-0.3, -0.25) is 10.1 Å². The lowest BCUT2D eigenvalue weighted by atomic mass is 9.98. The molecule has 1 unspecified atom stereocenters. The van der Waals surface area contributed by atoms with Crippen molar-refractivity contribution in [3.05, 3.63) is 0 Å². The van der Waals surface area contributed by atoms with Crippen molar-refractivity contribution >= 4 is 11.8 Å². The Morgan fingerprint density at radius 3 is 1.90 bits per heavy atom. The van der Waals surface area contributed by atoms with Crippen LogP contribution in [0.15, 0.2) is 0 Å². The van der Waals surface area contributed by atoms with Crippen molar-refractivity contribution in [3.63, 3.8) is 0 Å². The summed E-state index contributed by atoms with van der Waals surface area (Å²) in [6.45, 7) is 2.57. The van der Waals surface area contributed by atoms with Crippen molar-refractivity contribution in [1.82, 2.24) is 5.32 Å². The van der Waals surface area contributed by atoms with E-state index in [0.29, 0.717) is 0 Å². The van der Waals surface area contributed by atoms with Crippen LogP contribution in [0.4, 0.5) is 0 Å². The molecule has 58 valence electrons. The molecular weight excluding hydrogens is 134 g/mol. The second kappa shape index (κ2) is 2.79. The molecule has 4 nitrogen and oxygen atoms in total. The number of nitrogens with one attached hydrogen (secondary N) is 1. The first kappa shape index (κ1) is 9.10. The first-order valence-corrected chi connectivity index (χ1v) is 2.88. The Kier molecular flexibility index (Phi) is 2.54. The Morgan fingerprint density at radius 1 is 1.50 bits per heavy atom. The normalized spacial score (nSPS) is 15.9. The van der Waals surface area contributed by atoms with Gasteiger partial charge in [0.2, 0.25) is 0 Å². The number of carbonyl (C=O) groups is 2. The smallest absolute Gasteiger partial charge is 0.331 e. The Morgan fingerprint density at radius 2 is 1.90 bits per heavy atom. The number of aliphatic carboxylic acids is 1. The largest absolute Gasteiger partial charge is 0.480 e. The summed E-state index contributed by atoms with van der Waals surface area (Å²) in [7, 11) is 1.44. The fraction of sp³-hybridized carbons (Fsp3) is 0.667. The number of rotatable bonds is 3. The average molecular weight is 145 g/mol. The van der Waals surface area contributed by atoms with Crippen molar-refractivity contribution in [1.29, 1.82) is 0 Å². The molecule has 0 aromatic carbocycles. The zero-order valence-corrected chi connectivity index (χ0v) is 6.26. The van der Waals surface area contributed by atoms with E-state index in [0.717, 1.165) is 0 Å². The molecule has 0 saturated heterocycles. The number of hydrogen-bond acceptors (Lipinski definition) is 3. The van der Waals surface area contributed by atoms with E-state index in [9.17, 15) is 9.59 Å². The summed E-state index contributed by atoms with van der Waals surface area (Å²) in [5, 5.41) is 10.9. The van der Waals surface area contributed by atoms with E-state index >= 15 is 0 Å². The van der Waals surface area contributed by atoms with E-state index < -0.39 is 17.3 Å². The molecule has 1 atom stereocenters. The maximum atomic E-state index is 10.7. The van der Waals surface area contributed by atoms with Crippen LogP contribution in [0, 0.1) is 0 Å². The Labute approximate surface area is 59.2 Å². The molecule has 0 saturated carbocycles. The van der Waals surface area contributed by atoms with E-state index in [4.69, 9.17) is 5.11 Å². The minimum absolute atomic E-state index is 0.400. The second-order valence-electron chi connectivity index (χ2n) is 2.24. The van der Waals surface area contributed by atoms with Crippen LogP contribution >= 0.6 is 0 Å². The number of likely N-dealkylation sites (N-methyl/N-ethyl adjacent to an activating group) is 1. The Hall–Kier alpha value is -0.900. The van der Waals surface area contributed by atoms with Crippen LogP contribution in [-0.4, -0.2) is 29.4 Å². The van der Waals surface area contributed by atoms with Gasteiger partial charge in [0.15, 0.2) is 11.3 Å². The van der Waals surface area contributed by atoms with Crippen molar-refractivity contribution in [2.45, 2.75) is 19.4 Å². The predicted octanol–water partition coefficient (Wildman–Crippen LogP) is -0.362. The third-order valence-corrected chi connectivity index (χ3v) is 1.63. The number of carbonyl (C=O) groups excluding carboxylic acids is 1. The van der Waals surface area contributed by atoms with Gasteiger partial charge >= 0.3 is 5.97 Å². The quantitative estimate of drug-likeness (QED) is 0.532. The topological polar surface area (TPSA) is 66.4 Å². The van der Waals surface area contributed by atoms with Gasteiger partial charge in [0.1, 0.15) is 0 Å². The minimum atomic E-state index is -1.43. The third-order valence-electron chi connectivity index (χ3n) is 1.63. The van der Waals surface area contributed by atoms with Gasteiger partial charge in [-0.1, -0.05) is 0 Å². The summed E-state index contributed by atoms with van der Waals surface area (Å²) in [4.78, 5) is 21.1. The van der Waals surface area contributed by atoms with Crippen LogP contribution in [-0.2, 0) is 9.59 Å². The molecule has 0 bridgehead atoms. The van der Waals surface area contributed by atoms with Gasteiger partial charge in [0, 0.05) is 0 Å². The SMILES string of the molecule is CNC(C)(C(C)=O)C(=O)O. The lowest BCUT2D eigenvalue weighted by Crippen LogP contribution is -2.53. The van der Waals surface area contributed by atoms with E-state index in [1.807, 2.05) is 0 Å². The van der Waals surface area contributed by atoms with E-state index in [1.54, 1.807) is 0 Å². The highest BCUT2D eigenvalue weighted by molar-refractivity contribution is 6.06. The summed E-state index contributed by atoms with van der Waals surface area (Å²) in [5.41, 5.74) is -1.43. The molecule has 0 radical (unpaired) electrons. The summed E-state index contributed by atoms with van der Waals surface area (Å²) in [5.74, 6) is -1.55. The summed E-state index contributed by atoms with van der Waals surface area (Å²) >= 11 is 0. The highest BCUT2D eigenvalue weighted by Crippen LogP contribution is 2.03. The van der Waals surface area contributed by atoms with Crippen molar-refractivity contribution in [2.75, 3.05) is 7.05 Å². The van der Waals surface area contributed by atoms with Crippen molar-refractivity contribution in [3.8, 4) is 0 Å². The summed E-state index contributed by atoms with van der Waals surface area (Å²) in [6, 6.07) is 0. The average Bonchev–Trinajstić information content (AvgIpc) is 1.85. The molecule has 4 heteroatoms. The fourth-order valence-corrected chi connectivity index (χ4v) is 0.434. The van der Waals surface area contributed by atoms with Crippen LogP contribution in [0.2, 0.25) is 0 Å². The first-order valence-electron chi connectivity index (χ1n) is 2.88. The number of carboxylic acid groups (broad SMARTS) is 1. The molecule has 0 fully saturated rings. The van der Waals surface area contributed by atoms with Crippen LogP contribution in [0.1, 0.15) is 13.8 Å². The minimum Gasteiger partial charge on any atom is -0.480 e. The molecule has 0 amide bonds. The molecule has 0 aliphatic rings. The molecular formula is C6H11NO3. The van der Waals surface area contributed by atoms with Crippen LogP contribution < -0.4 is 5.32 Å². The van der Waals surface area contributed by atoms with Crippen molar-refractivity contribution < 1.29 is 14.7 Å². The fourth-order valence-electron chi connectivity index (χ4n) is 0.434. The number of carboxylic acids is 1. The van der Waals surface area contributed by atoms with Gasteiger partial charge in [-0.2, -0.15) is 0 Å². The summed E-state index contributed by atoms with van der Waals surface area (Å²) < 4.78 is 0. The monoisotopic (exact) mass is 145 g/mol. The van der Waals surface area contributed by atoms with Crippen LogP contribution in [0.5, 0.6) is 0 Å². The van der Waals surface area contributed by atoms with Crippen LogP contribution in [0.3, 0.4) is 0 Å². The zero-order valence-electron chi connectivity index (χ0n) is 6.26. The molecule has 0 heterocycles. The number of ketones is 1. The molecule has 0 aliphatic heterocycles. The van der Waals surface area contributed by atoms with Crippen molar-refractivity contribution in [2.24, 2.45) is 0 Å². The van der Waals surface area contributed by atoms with Gasteiger partial charge in [-0.05, 0) is 20.9 Å². The van der Waals surface area contributed by atoms with Gasteiger partial charge in [-0.15, -0.1) is 0 Å². The second-order valence-corrected chi connectivity index (χ2v) is 2.24. The zero-order chi connectivity index (χ0) is 8.36. The predicted molar refractivity (Wildman–Crippen MR) is 35.8 cm³/mol. The molecule has 0 rings (SSSR count). The van der Waals surface area contributed by atoms with Gasteiger partial charge in [-0.25, -0.2) is 4.79 Å². The lowest BCUT2D eigenvalue weighted by molar-refractivity contribution is -0.148. The molecule has 2 N–H and O–H groups in total. The highest BCUT2D eigenvalue weighted by Gasteiger charge is 2.36. The van der Waals surface area contributed by atoms with Gasteiger partial charge in [0.25, 0.3) is 0 Å². The molecule has 0 spiro atoms. The molecule has 0 aromatic rings. The molecule has 0 aromatic heterocycles. The Balaban J connectivity index is 4.55. The van der Waals surface area contributed by atoms with E-state index in [-0.39, 0.29) is 0 Å². The van der Waals surface area contributed by atoms with Gasteiger partial charge < -0.3 is 5.11 Å².